The lowest BCUT2D eigenvalue weighted by molar-refractivity contribution is -0.120. The molecule has 19 heavy (non-hydrogen) atoms. The van der Waals surface area contributed by atoms with Gasteiger partial charge in [0.25, 0.3) is 0 Å². The van der Waals surface area contributed by atoms with E-state index in [-0.39, 0.29) is 11.9 Å². The fraction of sp³-hybridized carbons (Fsp3) is 0.462. The summed E-state index contributed by atoms with van der Waals surface area (Å²) in [6.45, 7) is 2.71. The summed E-state index contributed by atoms with van der Waals surface area (Å²) in [5, 5.41) is 5.94. The number of amides is 1. The van der Waals surface area contributed by atoms with Crippen LogP contribution < -0.4 is 21.1 Å². The van der Waals surface area contributed by atoms with E-state index in [4.69, 9.17) is 15.2 Å². The third-order valence-electron chi connectivity index (χ3n) is 2.75. The summed E-state index contributed by atoms with van der Waals surface area (Å²) in [7, 11) is 0. The molecule has 0 aromatic heterocycles. The van der Waals surface area contributed by atoms with Crippen molar-refractivity contribution in [3.8, 4) is 5.75 Å². The van der Waals surface area contributed by atoms with E-state index in [2.05, 4.69) is 10.6 Å². The second kappa shape index (κ2) is 7.08. The van der Waals surface area contributed by atoms with Gasteiger partial charge in [-0.05, 0) is 24.3 Å². The first kappa shape index (κ1) is 13.8. The minimum absolute atomic E-state index is 0.0877. The molecule has 0 saturated carbocycles. The molecule has 1 aliphatic rings. The van der Waals surface area contributed by atoms with Crippen LogP contribution in [0.15, 0.2) is 24.3 Å². The zero-order valence-corrected chi connectivity index (χ0v) is 10.7. The third kappa shape index (κ3) is 4.20. The minimum atomic E-state index is -0.290. The molecule has 1 aromatic rings. The summed E-state index contributed by atoms with van der Waals surface area (Å²) < 4.78 is 10.6. The van der Waals surface area contributed by atoms with Crippen LogP contribution in [0, 0.1) is 0 Å². The monoisotopic (exact) mass is 265 g/mol. The Labute approximate surface area is 112 Å². The summed E-state index contributed by atoms with van der Waals surface area (Å²) >= 11 is 0. The fourth-order valence-corrected chi connectivity index (χ4v) is 1.77. The summed E-state index contributed by atoms with van der Waals surface area (Å²) in [6, 6.07) is 6.91. The van der Waals surface area contributed by atoms with Gasteiger partial charge in [-0.25, -0.2) is 0 Å². The van der Waals surface area contributed by atoms with Crippen molar-refractivity contribution in [3.05, 3.63) is 24.3 Å². The van der Waals surface area contributed by atoms with Gasteiger partial charge in [-0.1, -0.05) is 0 Å². The molecular weight excluding hydrogens is 246 g/mol. The molecule has 0 spiro atoms. The smallest absolute Gasteiger partial charge is 0.243 e. The molecule has 4 N–H and O–H groups in total. The van der Waals surface area contributed by atoms with Gasteiger partial charge in [0.05, 0.1) is 13.2 Å². The largest absolute Gasteiger partial charge is 0.492 e. The average Bonchev–Trinajstić information content (AvgIpc) is 2.47. The lowest BCUT2D eigenvalue weighted by Gasteiger charge is -2.22. The summed E-state index contributed by atoms with van der Waals surface area (Å²) in [4.78, 5) is 11.9. The van der Waals surface area contributed by atoms with Crippen molar-refractivity contribution in [1.29, 1.82) is 0 Å². The van der Waals surface area contributed by atoms with E-state index in [1.165, 1.54) is 0 Å². The van der Waals surface area contributed by atoms with Gasteiger partial charge >= 0.3 is 0 Å². The number of hydrogen-bond acceptors (Lipinski definition) is 5. The van der Waals surface area contributed by atoms with Crippen molar-refractivity contribution < 1.29 is 14.3 Å². The fourth-order valence-electron chi connectivity index (χ4n) is 1.77. The van der Waals surface area contributed by atoms with Crippen LogP contribution in [0.2, 0.25) is 0 Å². The topological polar surface area (TPSA) is 85.6 Å². The van der Waals surface area contributed by atoms with Crippen LogP contribution in [0.25, 0.3) is 0 Å². The highest BCUT2D eigenvalue weighted by atomic mass is 16.5. The number of rotatable bonds is 5. The predicted octanol–water partition coefficient (Wildman–Crippen LogP) is -0.0490. The third-order valence-corrected chi connectivity index (χ3v) is 2.75. The maximum atomic E-state index is 11.9. The van der Waals surface area contributed by atoms with Gasteiger partial charge in [0.1, 0.15) is 18.4 Å². The Hall–Kier alpha value is -1.63. The molecule has 104 valence electrons. The molecule has 1 fully saturated rings. The quantitative estimate of drug-likeness (QED) is 0.695. The lowest BCUT2D eigenvalue weighted by atomic mass is 10.2. The molecule has 1 saturated heterocycles. The van der Waals surface area contributed by atoms with Gasteiger partial charge in [0.15, 0.2) is 0 Å². The molecule has 0 radical (unpaired) electrons. The molecule has 1 heterocycles. The zero-order valence-electron chi connectivity index (χ0n) is 10.7. The number of nitrogens with one attached hydrogen (secondary N) is 2. The zero-order chi connectivity index (χ0) is 13.5. The number of carbonyl (C=O) groups is 1. The van der Waals surface area contributed by atoms with E-state index in [0.29, 0.717) is 32.9 Å². The van der Waals surface area contributed by atoms with Crippen molar-refractivity contribution in [2.75, 3.05) is 38.2 Å². The number of morpholine rings is 1. The molecular formula is C13H19N3O3. The van der Waals surface area contributed by atoms with Gasteiger partial charge in [-0.15, -0.1) is 0 Å². The number of nitrogens with two attached hydrogens (primary N) is 1. The Kier molecular flexibility index (Phi) is 5.14. The number of ether oxygens (including phenoxy) is 2. The number of anilines is 1. The normalized spacial score (nSPS) is 18.9. The molecule has 0 bridgehead atoms. The average molecular weight is 265 g/mol. The molecule has 2 rings (SSSR count). The Balaban J connectivity index is 1.86. The van der Waals surface area contributed by atoms with Crippen molar-refractivity contribution >= 4 is 11.6 Å². The van der Waals surface area contributed by atoms with E-state index in [9.17, 15) is 4.79 Å². The molecule has 1 aromatic carbocycles. The van der Waals surface area contributed by atoms with Crippen molar-refractivity contribution in [3.63, 3.8) is 0 Å². The van der Waals surface area contributed by atoms with Crippen LogP contribution in [0.1, 0.15) is 0 Å². The lowest BCUT2D eigenvalue weighted by Crippen LogP contribution is -2.48. The molecule has 1 amide bonds. The van der Waals surface area contributed by atoms with Gasteiger partial charge in [0.2, 0.25) is 5.91 Å². The first-order valence-corrected chi connectivity index (χ1v) is 6.34. The molecule has 1 unspecified atom stereocenters. The van der Waals surface area contributed by atoms with Gasteiger partial charge in [0, 0.05) is 18.8 Å². The van der Waals surface area contributed by atoms with E-state index < -0.39 is 0 Å². The molecule has 1 aliphatic heterocycles. The summed E-state index contributed by atoms with van der Waals surface area (Å²) in [6.07, 6.45) is 0. The van der Waals surface area contributed by atoms with E-state index in [1.54, 1.807) is 24.3 Å². The SMILES string of the molecule is NCCOc1ccc(NC(=O)C2COCCN2)cc1. The standard InChI is InChI=1S/C13H19N3O3/c14-5-7-19-11-3-1-10(2-4-11)16-13(17)12-9-18-8-6-15-12/h1-4,12,15H,5-9,14H2,(H,16,17). The Morgan fingerprint density at radius 1 is 1.47 bits per heavy atom. The Bertz CT molecular complexity index is 402. The molecule has 6 heteroatoms. The maximum absolute atomic E-state index is 11.9. The number of hydrogen-bond donors (Lipinski definition) is 3. The highest BCUT2D eigenvalue weighted by Gasteiger charge is 2.20. The highest BCUT2D eigenvalue weighted by Crippen LogP contribution is 2.15. The second-order valence-electron chi connectivity index (χ2n) is 4.23. The molecule has 1 atom stereocenters. The van der Waals surface area contributed by atoms with E-state index in [1.807, 2.05) is 0 Å². The van der Waals surface area contributed by atoms with Crippen LogP contribution in [0.3, 0.4) is 0 Å². The van der Waals surface area contributed by atoms with Crippen LogP contribution >= 0.6 is 0 Å². The molecule has 0 aliphatic carbocycles. The van der Waals surface area contributed by atoms with Crippen molar-refractivity contribution in [2.24, 2.45) is 5.73 Å². The van der Waals surface area contributed by atoms with Crippen molar-refractivity contribution in [1.82, 2.24) is 5.32 Å². The van der Waals surface area contributed by atoms with Gasteiger partial charge in [-0.2, -0.15) is 0 Å². The molecule has 6 nitrogen and oxygen atoms in total. The first-order chi connectivity index (χ1) is 9.29. The second-order valence-corrected chi connectivity index (χ2v) is 4.23. The number of carbonyl (C=O) groups excluding carboxylic acids is 1. The van der Waals surface area contributed by atoms with Crippen LogP contribution in [0.4, 0.5) is 5.69 Å². The highest BCUT2D eigenvalue weighted by molar-refractivity contribution is 5.95. The first-order valence-electron chi connectivity index (χ1n) is 6.34. The van der Waals surface area contributed by atoms with Crippen LogP contribution in [-0.4, -0.2) is 44.9 Å². The minimum Gasteiger partial charge on any atom is -0.492 e. The van der Waals surface area contributed by atoms with Crippen LogP contribution in [-0.2, 0) is 9.53 Å². The summed E-state index contributed by atoms with van der Waals surface area (Å²) in [5.41, 5.74) is 6.09. The maximum Gasteiger partial charge on any atom is 0.243 e. The summed E-state index contributed by atoms with van der Waals surface area (Å²) in [5.74, 6) is 0.651. The van der Waals surface area contributed by atoms with Crippen molar-refractivity contribution in [2.45, 2.75) is 6.04 Å². The Morgan fingerprint density at radius 3 is 2.89 bits per heavy atom. The Morgan fingerprint density at radius 2 is 2.26 bits per heavy atom. The predicted molar refractivity (Wildman–Crippen MR) is 72.2 cm³/mol. The van der Waals surface area contributed by atoms with Gasteiger partial charge < -0.3 is 25.8 Å². The van der Waals surface area contributed by atoms with E-state index >= 15 is 0 Å². The van der Waals surface area contributed by atoms with E-state index in [0.717, 1.165) is 11.4 Å². The van der Waals surface area contributed by atoms with Crippen LogP contribution in [0.5, 0.6) is 5.75 Å². The number of benzene rings is 1. The van der Waals surface area contributed by atoms with Gasteiger partial charge in [-0.3, -0.25) is 4.79 Å².